The maximum atomic E-state index is 2.54. The first-order chi connectivity index (χ1) is 37.2. The van der Waals surface area contributed by atoms with Gasteiger partial charge in [-0.2, -0.15) is 0 Å². The molecule has 0 spiro atoms. The van der Waals surface area contributed by atoms with E-state index in [1.54, 1.807) is 0 Å². The summed E-state index contributed by atoms with van der Waals surface area (Å²) in [6, 6.07) is 83.2. The third-order valence-electron chi connectivity index (χ3n) is 14.7. The molecule has 4 heteroatoms. The van der Waals surface area contributed by atoms with Crippen LogP contribution in [0.1, 0.15) is 46.2 Å². The summed E-state index contributed by atoms with van der Waals surface area (Å²) < 4.78 is 0. The Morgan fingerprint density at radius 3 is 0.829 bits per heavy atom. The van der Waals surface area contributed by atoms with Crippen molar-refractivity contribution in [1.29, 1.82) is 0 Å². The molecule has 1 aliphatic rings. The van der Waals surface area contributed by atoms with Gasteiger partial charge in [-0.1, -0.05) is 140 Å². The summed E-state index contributed by atoms with van der Waals surface area (Å²) in [5.74, 6) is 0. The van der Waals surface area contributed by atoms with Crippen molar-refractivity contribution < 1.29 is 0 Å². The van der Waals surface area contributed by atoms with E-state index in [0.717, 1.165) is 102 Å². The molecule has 0 atom stereocenters. The number of benzene rings is 11. The van der Waals surface area contributed by atoms with E-state index in [1.165, 1.54) is 44.5 Å². The SMILES string of the molecule is Cc1cc(C)cc(N(C2=CCCC=C2)c2ccc(N(c3ccc(N(c4ccccc4)c4cc(C)cc(C)c4)c4ccccc34)c3ccc(N(c4ccccc4)c4cc(C)cc(C)c4)c4ccccc34)c3ccccc23)c1. The lowest BCUT2D eigenvalue weighted by atomic mass is 9.98. The topological polar surface area (TPSA) is 13.0 Å². The fraction of sp³-hybridized carbons (Fsp3) is 0.111. The Morgan fingerprint density at radius 1 is 0.250 bits per heavy atom. The number of hydrogen-bond donors (Lipinski definition) is 0. The van der Waals surface area contributed by atoms with E-state index in [9.17, 15) is 0 Å². The van der Waals surface area contributed by atoms with Crippen molar-refractivity contribution in [3.05, 3.63) is 282 Å². The molecule has 76 heavy (non-hydrogen) atoms. The lowest BCUT2D eigenvalue weighted by Crippen LogP contribution is -2.18. The normalized spacial score (nSPS) is 12.3. The molecule has 12 rings (SSSR count). The molecule has 1 aliphatic carbocycles. The van der Waals surface area contributed by atoms with Gasteiger partial charge in [-0.05, 0) is 191 Å². The van der Waals surface area contributed by atoms with Crippen LogP contribution in [-0.2, 0) is 0 Å². The second kappa shape index (κ2) is 20.3. The summed E-state index contributed by atoms with van der Waals surface area (Å²) >= 11 is 0. The van der Waals surface area contributed by atoms with Crippen LogP contribution in [0.5, 0.6) is 0 Å². The van der Waals surface area contributed by atoms with E-state index in [1.807, 2.05) is 0 Å². The average molecular weight is 983 g/mol. The van der Waals surface area contributed by atoms with E-state index < -0.39 is 0 Å². The minimum atomic E-state index is 0.999. The molecule has 0 saturated heterocycles. The third kappa shape index (κ3) is 9.07. The molecule has 11 aromatic carbocycles. The van der Waals surface area contributed by atoms with Gasteiger partial charge in [-0.25, -0.2) is 0 Å². The summed E-state index contributed by atoms with van der Waals surface area (Å²) in [6.07, 6.45) is 9.04. The number of para-hydroxylation sites is 2. The van der Waals surface area contributed by atoms with Gasteiger partial charge in [0.15, 0.2) is 0 Å². The molecule has 0 aliphatic heterocycles. The second-order valence-corrected chi connectivity index (χ2v) is 20.6. The van der Waals surface area contributed by atoms with Gasteiger partial charge in [-0.3, -0.25) is 0 Å². The van der Waals surface area contributed by atoms with E-state index in [-0.39, 0.29) is 0 Å². The van der Waals surface area contributed by atoms with Crippen LogP contribution < -0.4 is 19.6 Å². The zero-order chi connectivity index (χ0) is 51.9. The lowest BCUT2D eigenvalue weighted by Gasteiger charge is -2.34. The van der Waals surface area contributed by atoms with Crippen LogP contribution in [0, 0.1) is 41.5 Å². The minimum absolute atomic E-state index is 0.999. The van der Waals surface area contributed by atoms with Gasteiger partial charge in [0.25, 0.3) is 0 Å². The Hall–Kier alpha value is -9.12. The van der Waals surface area contributed by atoms with Crippen LogP contribution in [0.4, 0.5) is 62.6 Å². The van der Waals surface area contributed by atoms with Crippen molar-refractivity contribution in [1.82, 2.24) is 0 Å². The van der Waals surface area contributed by atoms with E-state index in [0.29, 0.717) is 0 Å². The number of allylic oxidation sites excluding steroid dienone is 3. The molecule has 0 saturated carbocycles. The first-order valence-electron chi connectivity index (χ1n) is 26.6. The number of nitrogens with zero attached hydrogens (tertiary/aromatic N) is 4. The monoisotopic (exact) mass is 982 g/mol. The van der Waals surface area contributed by atoms with Crippen LogP contribution in [-0.4, -0.2) is 0 Å². The molecule has 0 aromatic heterocycles. The molecule has 0 unspecified atom stereocenters. The minimum Gasteiger partial charge on any atom is -0.310 e. The largest absolute Gasteiger partial charge is 0.310 e. The molecule has 11 aromatic rings. The molecule has 0 fully saturated rings. The zero-order valence-electron chi connectivity index (χ0n) is 44.3. The zero-order valence-corrected chi connectivity index (χ0v) is 44.3. The average Bonchev–Trinajstić information content (AvgIpc) is 3.53. The molecule has 4 nitrogen and oxygen atoms in total. The van der Waals surface area contributed by atoms with Crippen LogP contribution >= 0.6 is 0 Å². The van der Waals surface area contributed by atoms with Gasteiger partial charge in [0, 0.05) is 66.5 Å². The van der Waals surface area contributed by atoms with Gasteiger partial charge >= 0.3 is 0 Å². The van der Waals surface area contributed by atoms with Crippen molar-refractivity contribution >= 4 is 94.9 Å². The summed E-state index contributed by atoms with van der Waals surface area (Å²) in [4.78, 5) is 9.85. The highest BCUT2D eigenvalue weighted by Gasteiger charge is 2.27. The fourth-order valence-electron chi connectivity index (χ4n) is 11.8. The highest BCUT2D eigenvalue weighted by Crippen LogP contribution is 2.52. The first-order valence-corrected chi connectivity index (χ1v) is 26.6. The number of rotatable bonds is 12. The number of aryl methyl sites for hydroxylation is 6. The van der Waals surface area contributed by atoms with Crippen LogP contribution in [0.3, 0.4) is 0 Å². The molecular weight excluding hydrogens is 921 g/mol. The molecule has 370 valence electrons. The van der Waals surface area contributed by atoms with Crippen LogP contribution in [0.25, 0.3) is 32.3 Å². The molecule has 0 amide bonds. The van der Waals surface area contributed by atoms with Gasteiger partial charge in [0.2, 0.25) is 0 Å². The first kappa shape index (κ1) is 47.9. The molecule has 0 radical (unpaired) electrons. The summed E-state index contributed by atoms with van der Waals surface area (Å²) in [5, 5.41) is 6.90. The molecule has 0 heterocycles. The van der Waals surface area contributed by atoms with Crippen molar-refractivity contribution in [2.45, 2.75) is 54.4 Å². The van der Waals surface area contributed by atoms with Crippen LogP contribution in [0.2, 0.25) is 0 Å². The highest BCUT2D eigenvalue weighted by atomic mass is 15.2. The van der Waals surface area contributed by atoms with Crippen molar-refractivity contribution in [3.63, 3.8) is 0 Å². The van der Waals surface area contributed by atoms with Gasteiger partial charge < -0.3 is 19.6 Å². The smallest absolute Gasteiger partial charge is 0.0542 e. The maximum Gasteiger partial charge on any atom is 0.0542 e. The van der Waals surface area contributed by atoms with E-state index in [2.05, 4.69) is 304 Å². The second-order valence-electron chi connectivity index (χ2n) is 20.6. The summed E-state index contributed by atoms with van der Waals surface area (Å²) in [6.45, 7) is 13.2. The Morgan fingerprint density at radius 2 is 0.526 bits per heavy atom. The third-order valence-corrected chi connectivity index (χ3v) is 14.7. The highest BCUT2D eigenvalue weighted by molar-refractivity contribution is 6.15. The van der Waals surface area contributed by atoms with Crippen LogP contribution in [0.15, 0.2) is 248 Å². The number of anilines is 11. The fourth-order valence-corrected chi connectivity index (χ4v) is 11.8. The Balaban J connectivity index is 1.14. The van der Waals surface area contributed by atoms with E-state index in [4.69, 9.17) is 0 Å². The number of fused-ring (bicyclic) bond motifs is 3. The van der Waals surface area contributed by atoms with Gasteiger partial charge in [-0.15, -0.1) is 0 Å². The lowest BCUT2D eigenvalue weighted by molar-refractivity contribution is 0.997. The number of hydrogen-bond acceptors (Lipinski definition) is 4. The van der Waals surface area contributed by atoms with Crippen molar-refractivity contribution in [2.24, 2.45) is 0 Å². The van der Waals surface area contributed by atoms with E-state index >= 15 is 0 Å². The maximum absolute atomic E-state index is 2.54. The van der Waals surface area contributed by atoms with Crippen molar-refractivity contribution in [3.8, 4) is 0 Å². The van der Waals surface area contributed by atoms with Gasteiger partial charge in [0.05, 0.1) is 34.1 Å². The standard InChI is InChI=1S/C72H62N4/c1-49-40-50(2)44-58(43-49)73(55-22-10-7-11-23-55)67-34-37-70(64-31-19-16-28-61(64)67)76(71-38-35-68(62-29-17-20-32-65(62)71)74(56-24-12-8-13-25-56)59-45-51(3)41-52(4)46-59)72-39-36-69(63-30-18-21-33-66(63)72)75(57-26-14-9-15-27-57)60-47-53(5)42-54(6)48-60/h7-8,10-14,16-48H,9,15H2,1-6H3. The summed E-state index contributed by atoms with van der Waals surface area (Å²) in [5.41, 5.74) is 20.8. The Labute approximate surface area is 448 Å². The van der Waals surface area contributed by atoms with Crippen molar-refractivity contribution in [2.75, 3.05) is 19.6 Å². The molecular formula is C72H62N4. The molecule has 0 N–H and O–H groups in total. The van der Waals surface area contributed by atoms with Gasteiger partial charge in [0.1, 0.15) is 0 Å². The predicted octanol–water partition coefficient (Wildman–Crippen LogP) is 20.8. The predicted molar refractivity (Wildman–Crippen MR) is 326 cm³/mol. The summed E-state index contributed by atoms with van der Waals surface area (Å²) in [7, 11) is 0. The quantitative estimate of drug-likeness (QED) is 0.121. The Bertz CT molecular complexity index is 3800. The molecule has 0 bridgehead atoms. The Kier molecular flexibility index (Phi) is 12.8.